The SMILES string of the molecule is CC(C)(C)OC(=O)N1CCCC(C(=O)OCC(=O)N2N=C(c3cccs3)CC2c2ccco2)C1. The molecule has 182 valence electrons. The van der Waals surface area contributed by atoms with Crippen LogP contribution >= 0.6 is 11.3 Å². The van der Waals surface area contributed by atoms with Crippen LogP contribution in [0.15, 0.2) is 45.4 Å². The summed E-state index contributed by atoms with van der Waals surface area (Å²) in [5.74, 6) is -0.812. The zero-order valence-corrected chi connectivity index (χ0v) is 20.4. The summed E-state index contributed by atoms with van der Waals surface area (Å²) in [6.07, 6.45) is 2.87. The molecule has 4 heterocycles. The highest BCUT2D eigenvalue weighted by Crippen LogP contribution is 2.34. The monoisotopic (exact) mass is 487 g/mol. The van der Waals surface area contributed by atoms with Gasteiger partial charge in [0.25, 0.3) is 5.91 Å². The number of nitrogens with zero attached hydrogens (tertiary/aromatic N) is 3. The van der Waals surface area contributed by atoms with Crippen molar-refractivity contribution in [2.75, 3.05) is 19.7 Å². The standard InChI is InChI=1S/C24H29N3O6S/c1-24(2,3)33-23(30)26-10-4-7-16(14-26)22(29)32-15-21(28)27-18(19-8-5-11-31-19)13-17(25-27)20-9-6-12-34-20/h5-6,8-9,11-12,16,18H,4,7,10,13-15H2,1-3H3. The van der Waals surface area contributed by atoms with Crippen LogP contribution in [0.4, 0.5) is 4.79 Å². The van der Waals surface area contributed by atoms with Crippen LogP contribution in [0.3, 0.4) is 0 Å². The summed E-state index contributed by atoms with van der Waals surface area (Å²) in [6.45, 7) is 5.70. The summed E-state index contributed by atoms with van der Waals surface area (Å²) >= 11 is 1.55. The van der Waals surface area contributed by atoms with E-state index in [-0.39, 0.29) is 6.54 Å². The molecule has 0 saturated carbocycles. The second kappa shape index (κ2) is 10.0. The molecule has 2 aromatic rings. The average molecular weight is 488 g/mol. The number of carbonyl (C=O) groups excluding carboxylic acids is 3. The van der Waals surface area contributed by atoms with E-state index in [1.54, 1.807) is 50.5 Å². The Morgan fingerprint density at radius 2 is 2.06 bits per heavy atom. The van der Waals surface area contributed by atoms with E-state index >= 15 is 0 Å². The lowest BCUT2D eigenvalue weighted by Gasteiger charge is -2.33. The molecule has 10 heteroatoms. The van der Waals surface area contributed by atoms with Crippen LogP contribution in [0.5, 0.6) is 0 Å². The van der Waals surface area contributed by atoms with Crippen molar-refractivity contribution in [3.8, 4) is 0 Å². The fraction of sp³-hybridized carbons (Fsp3) is 0.500. The lowest BCUT2D eigenvalue weighted by molar-refractivity contribution is -0.157. The number of hydrogen-bond acceptors (Lipinski definition) is 8. The van der Waals surface area contributed by atoms with Crippen molar-refractivity contribution in [2.24, 2.45) is 11.0 Å². The fourth-order valence-corrected chi connectivity index (χ4v) is 4.73. The lowest BCUT2D eigenvalue weighted by Crippen LogP contribution is -2.45. The maximum atomic E-state index is 13.0. The molecule has 2 atom stereocenters. The minimum Gasteiger partial charge on any atom is -0.467 e. The highest BCUT2D eigenvalue weighted by atomic mass is 32.1. The molecular weight excluding hydrogens is 458 g/mol. The summed E-state index contributed by atoms with van der Waals surface area (Å²) in [6, 6.07) is 7.06. The van der Waals surface area contributed by atoms with Gasteiger partial charge in [-0.15, -0.1) is 11.3 Å². The van der Waals surface area contributed by atoms with Crippen LogP contribution in [0, 0.1) is 5.92 Å². The predicted octanol–water partition coefficient (Wildman–Crippen LogP) is 4.21. The van der Waals surface area contributed by atoms with Crippen molar-refractivity contribution in [3.63, 3.8) is 0 Å². The van der Waals surface area contributed by atoms with E-state index in [1.807, 2.05) is 17.5 Å². The topological polar surface area (TPSA) is 102 Å². The first-order valence-electron chi connectivity index (χ1n) is 11.3. The number of esters is 1. The van der Waals surface area contributed by atoms with E-state index in [0.29, 0.717) is 31.6 Å². The Morgan fingerprint density at radius 3 is 2.74 bits per heavy atom. The molecule has 0 spiro atoms. The molecule has 1 saturated heterocycles. The van der Waals surface area contributed by atoms with Gasteiger partial charge in [-0.05, 0) is 57.2 Å². The van der Waals surface area contributed by atoms with Crippen LogP contribution in [0.25, 0.3) is 0 Å². The van der Waals surface area contributed by atoms with E-state index in [1.165, 1.54) is 9.91 Å². The fourth-order valence-electron chi connectivity index (χ4n) is 4.01. The van der Waals surface area contributed by atoms with Crippen LogP contribution in [0.2, 0.25) is 0 Å². The van der Waals surface area contributed by atoms with Crippen molar-refractivity contribution < 1.29 is 28.3 Å². The second-order valence-electron chi connectivity index (χ2n) is 9.37. The van der Waals surface area contributed by atoms with Crippen LogP contribution in [-0.4, -0.2) is 58.9 Å². The van der Waals surface area contributed by atoms with Gasteiger partial charge in [-0.2, -0.15) is 5.10 Å². The molecule has 0 bridgehead atoms. The van der Waals surface area contributed by atoms with Crippen molar-refractivity contribution in [3.05, 3.63) is 46.5 Å². The van der Waals surface area contributed by atoms with E-state index in [0.717, 1.165) is 10.6 Å². The van der Waals surface area contributed by atoms with Gasteiger partial charge in [0.15, 0.2) is 6.61 Å². The van der Waals surface area contributed by atoms with Gasteiger partial charge in [0.2, 0.25) is 0 Å². The number of hydrogen-bond donors (Lipinski definition) is 0. The molecular formula is C24H29N3O6S. The Balaban J connectivity index is 1.37. The number of likely N-dealkylation sites (tertiary alicyclic amines) is 1. The first-order valence-corrected chi connectivity index (χ1v) is 12.2. The van der Waals surface area contributed by atoms with Gasteiger partial charge >= 0.3 is 12.1 Å². The number of carbonyl (C=O) groups is 3. The highest BCUT2D eigenvalue weighted by molar-refractivity contribution is 7.12. The summed E-state index contributed by atoms with van der Waals surface area (Å²) in [5.41, 5.74) is 0.177. The maximum absolute atomic E-state index is 13.0. The quantitative estimate of drug-likeness (QED) is 0.586. The highest BCUT2D eigenvalue weighted by Gasteiger charge is 2.37. The summed E-state index contributed by atoms with van der Waals surface area (Å²) in [5, 5.41) is 7.82. The summed E-state index contributed by atoms with van der Waals surface area (Å²) in [4.78, 5) is 40.6. The normalized spacial score (nSPS) is 20.7. The minimum absolute atomic E-state index is 0.210. The Kier molecular flexibility index (Phi) is 7.06. The van der Waals surface area contributed by atoms with Crippen LogP contribution in [-0.2, 0) is 19.1 Å². The Morgan fingerprint density at radius 1 is 1.24 bits per heavy atom. The molecule has 2 amide bonds. The van der Waals surface area contributed by atoms with Gasteiger partial charge in [0.05, 0.1) is 22.8 Å². The molecule has 2 aliphatic heterocycles. The largest absolute Gasteiger partial charge is 0.467 e. The molecule has 0 aliphatic carbocycles. The van der Waals surface area contributed by atoms with Gasteiger partial charge in [-0.25, -0.2) is 9.80 Å². The van der Waals surface area contributed by atoms with E-state index < -0.39 is 42.1 Å². The molecule has 0 aromatic carbocycles. The van der Waals surface area contributed by atoms with Gasteiger partial charge in [-0.1, -0.05) is 6.07 Å². The number of ether oxygens (including phenoxy) is 2. The van der Waals surface area contributed by atoms with Gasteiger partial charge in [-0.3, -0.25) is 9.59 Å². The molecule has 2 unspecified atom stereocenters. The molecule has 2 aromatic heterocycles. The van der Waals surface area contributed by atoms with Gasteiger partial charge in [0.1, 0.15) is 17.4 Å². The Bertz CT molecular complexity index is 1040. The Hall–Kier alpha value is -3.14. The van der Waals surface area contributed by atoms with Gasteiger partial charge < -0.3 is 18.8 Å². The second-order valence-corrected chi connectivity index (χ2v) is 10.3. The smallest absolute Gasteiger partial charge is 0.410 e. The molecule has 9 nitrogen and oxygen atoms in total. The molecule has 34 heavy (non-hydrogen) atoms. The van der Waals surface area contributed by atoms with Crippen molar-refractivity contribution in [2.45, 2.75) is 51.7 Å². The Labute approximate surface area is 202 Å². The molecule has 2 aliphatic rings. The summed E-state index contributed by atoms with van der Waals surface area (Å²) < 4.78 is 16.3. The maximum Gasteiger partial charge on any atom is 0.410 e. The number of thiophene rings is 1. The lowest BCUT2D eigenvalue weighted by atomic mass is 9.98. The summed E-state index contributed by atoms with van der Waals surface area (Å²) in [7, 11) is 0. The van der Waals surface area contributed by atoms with E-state index in [4.69, 9.17) is 13.9 Å². The third-order valence-electron chi connectivity index (χ3n) is 5.59. The van der Waals surface area contributed by atoms with E-state index in [9.17, 15) is 14.4 Å². The zero-order valence-electron chi connectivity index (χ0n) is 19.6. The average Bonchev–Trinajstić information content (AvgIpc) is 3.56. The zero-order chi connectivity index (χ0) is 24.3. The number of piperidine rings is 1. The number of rotatable bonds is 5. The van der Waals surface area contributed by atoms with E-state index in [2.05, 4.69) is 5.10 Å². The number of amides is 2. The first kappa shape index (κ1) is 24.0. The first-order chi connectivity index (χ1) is 16.2. The number of hydrazone groups is 1. The van der Waals surface area contributed by atoms with Gasteiger partial charge in [0, 0.05) is 19.5 Å². The minimum atomic E-state index is -0.611. The predicted molar refractivity (Wildman–Crippen MR) is 125 cm³/mol. The third-order valence-corrected chi connectivity index (χ3v) is 6.51. The molecule has 4 rings (SSSR count). The molecule has 0 radical (unpaired) electrons. The van der Waals surface area contributed by atoms with Crippen LogP contribution in [0.1, 0.15) is 56.7 Å². The molecule has 0 N–H and O–H groups in total. The third kappa shape index (κ3) is 5.67. The van der Waals surface area contributed by atoms with Crippen molar-refractivity contribution in [1.82, 2.24) is 9.91 Å². The molecule has 1 fully saturated rings. The van der Waals surface area contributed by atoms with Crippen molar-refractivity contribution >= 4 is 35.0 Å². The van der Waals surface area contributed by atoms with Crippen molar-refractivity contribution in [1.29, 1.82) is 0 Å². The van der Waals surface area contributed by atoms with Crippen LogP contribution < -0.4 is 0 Å². The number of furan rings is 1.